The van der Waals surface area contributed by atoms with Gasteiger partial charge in [-0.2, -0.15) is 0 Å². The smallest absolute Gasteiger partial charge is 0.237 e. The zero-order valence-electron chi connectivity index (χ0n) is 10.8. The molecule has 5 nitrogen and oxygen atoms in total. The molecule has 1 atom stereocenters. The number of hydrogen-bond acceptors (Lipinski definition) is 3. The van der Waals surface area contributed by atoms with Gasteiger partial charge in [0.25, 0.3) is 0 Å². The number of carbonyl (C=O) groups is 1. The van der Waals surface area contributed by atoms with Crippen LogP contribution in [0.4, 0.5) is 0 Å². The molecule has 1 unspecified atom stereocenters. The fourth-order valence-electron chi connectivity index (χ4n) is 1.40. The molecule has 3 N–H and O–H groups in total. The molecule has 0 aliphatic heterocycles. The molecule has 0 aliphatic carbocycles. The molecular formula is C12H22N4O. The molecule has 0 aromatic carbocycles. The zero-order valence-corrected chi connectivity index (χ0v) is 10.8. The zero-order chi connectivity index (χ0) is 12.9. The molecule has 96 valence electrons. The second-order valence-electron chi connectivity index (χ2n) is 5.29. The highest BCUT2D eigenvalue weighted by atomic mass is 16.2. The van der Waals surface area contributed by atoms with Gasteiger partial charge in [-0.1, -0.05) is 20.8 Å². The summed E-state index contributed by atoms with van der Waals surface area (Å²) in [6, 6.07) is -0.462. The van der Waals surface area contributed by atoms with E-state index >= 15 is 0 Å². The maximum atomic E-state index is 11.7. The van der Waals surface area contributed by atoms with Crippen LogP contribution >= 0.6 is 0 Å². The molecule has 1 heterocycles. The molecule has 1 rings (SSSR count). The van der Waals surface area contributed by atoms with Crippen LogP contribution in [0.25, 0.3) is 0 Å². The first-order chi connectivity index (χ1) is 7.91. The Morgan fingerprint density at radius 2 is 2.24 bits per heavy atom. The van der Waals surface area contributed by atoms with Crippen LogP contribution in [0.2, 0.25) is 0 Å². The summed E-state index contributed by atoms with van der Waals surface area (Å²) in [4.78, 5) is 15.6. The highest BCUT2D eigenvalue weighted by Crippen LogP contribution is 2.16. The van der Waals surface area contributed by atoms with Crippen LogP contribution in [0.3, 0.4) is 0 Å². The molecule has 0 saturated carbocycles. The van der Waals surface area contributed by atoms with Crippen molar-refractivity contribution < 1.29 is 4.79 Å². The van der Waals surface area contributed by atoms with Crippen molar-refractivity contribution in [2.45, 2.75) is 39.8 Å². The van der Waals surface area contributed by atoms with Crippen molar-refractivity contribution in [3.8, 4) is 0 Å². The topological polar surface area (TPSA) is 72.9 Å². The van der Waals surface area contributed by atoms with Crippen LogP contribution in [-0.2, 0) is 11.3 Å². The van der Waals surface area contributed by atoms with E-state index in [0.29, 0.717) is 6.54 Å². The predicted molar refractivity (Wildman–Crippen MR) is 67.3 cm³/mol. The lowest BCUT2D eigenvalue weighted by atomic mass is 9.87. The van der Waals surface area contributed by atoms with Crippen LogP contribution in [-0.4, -0.2) is 28.0 Å². The summed E-state index contributed by atoms with van der Waals surface area (Å²) < 4.78 is 1.98. The van der Waals surface area contributed by atoms with Crippen molar-refractivity contribution in [2.75, 3.05) is 6.54 Å². The minimum atomic E-state index is -0.462. The number of aryl methyl sites for hydroxylation is 1. The molecule has 0 radical (unpaired) electrons. The number of rotatable bonds is 5. The monoisotopic (exact) mass is 238 g/mol. The van der Waals surface area contributed by atoms with Crippen molar-refractivity contribution in [1.29, 1.82) is 0 Å². The minimum absolute atomic E-state index is 0.0804. The quantitative estimate of drug-likeness (QED) is 0.744. The van der Waals surface area contributed by atoms with Crippen LogP contribution in [0, 0.1) is 5.41 Å². The Kier molecular flexibility index (Phi) is 4.69. The molecule has 17 heavy (non-hydrogen) atoms. The van der Waals surface area contributed by atoms with Gasteiger partial charge in [0.2, 0.25) is 5.91 Å². The van der Waals surface area contributed by atoms with Gasteiger partial charge >= 0.3 is 0 Å². The van der Waals surface area contributed by atoms with E-state index in [4.69, 9.17) is 5.73 Å². The third kappa shape index (κ3) is 4.56. The van der Waals surface area contributed by atoms with Crippen molar-refractivity contribution in [1.82, 2.24) is 14.9 Å². The first-order valence-corrected chi connectivity index (χ1v) is 5.90. The summed E-state index contributed by atoms with van der Waals surface area (Å²) >= 11 is 0. The second-order valence-corrected chi connectivity index (χ2v) is 5.29. The predicted octanol–water partition coefficient (Wildman–Crippen LogP) is 0.763. The van der Waals surface area contributed by atoms with Gasteiger partial charge in [0, 0.05) is 25.5 Å². The third-order valence-electron chi connectivity index (χ3n) is 2.67. The molecule has 0 spiro atoms. The SMILES string of the molecule is CC(C)(C)C(N)C(=O)NCCCn1ccnc1. The lowest BCUT2D eigenvalue weighted by Crippen LogP contribution is -2.48. The van der Waals surface area contributed by atoms with E-state index in [0.717, 1.165) is 13.0 Å². The summed E-state index contributed by atoms with van der Waals surface area (Å²) in [6.07, 6.45) is 6.29. The molecule has 1 aromatic heterocycles. The highest BCUT2D eigenvalue weighted by Gasteiger charge is 2.26. The van der Waals surface area contributed by atoms with E-state index < -0.39 is 6.04 Å². The van der Waals surface area contributed by atoms with Crippen molar-refractivity contribution in [2.24, 2.45) is 11.1 Å². The van der Waals surface area contributed by atoms with Gasteiger partial charge in [-0.15, -0.1) is 0 Å². The molecule has 0 bridgehead atoms. The minimum Gasteiger partial charge on any atom is -0.355 e. The Bertz CT molecular complexity index is 340. The average Bonchev–Trinajstić information content (AvgIpc) is 2.74. The van der Waals surface area contributed by atoms with Gasteiger partial charge in [-0.05, 0) is 11.8 Å². The fraction of sp³-hybridized carbons (Fsp3) is 0.667. The fourth-order valence-corrected chi connectivity index (χ4v) is 1.40. The van der Waals surface area contributed by atoms with Gasteiger partial charge in [0.15, 0.2) is 0 Å². The summed E-state index contributed by atoms with van der Waals surface area (Å²) in [5.41, 5.74) is 5.64. The summed E-state index contributed by atoms with van der Waals surface area (Å²) in [5, 5.41) is 2.85. The third-order valence-corrected chi connectivity index (χ3v) is 2.67. The average molecular weight is 238 g/mol. The maximum absolute atomic E-state index is 11.7. The molecule has 0 fully saturated rings. The summed E-state index contributed by atoms with van der Waals surface area (Å²) in [7, 11) is 0. The van der Waals surface area contributed by atoms with Crippen LogP contribution in [0.1, 0.15) is 27.2 Å². The Morgan fingerprint density at radius 3 is 2.76 bits per heavy atom. The van der Waals surface area contributed by atoms with E-state index in [1.807, 2.05) is 31.5 Å². The summed E-state index contributed by atoms with van der Waals surface area (Å²) in [5.74, 6) is -0.0804. The largest absolute Gasteiger partial charge is 0.355 e. The normalized spacial score (nSPS) is 13.4. The molecule has 0 aliphatic rings. The lowest BCUT2D eigenvalue weighted by Gasteiger charge is -2.25. The standard InChI is InChI=1S/C12H22N4O/c1-12(2,3)10(13)11(17)15-5-4-7-16-8-6-14-9-16/h6,8-10H,4-5,7,13H2,1-3H3,(H,15,17). The van der Waals surface area contributed by atoms with Crippen LogP contribution in [0.5, 0.6) is 0 Å². The Balaban J connectivity index is 2.20. The Morgan fingerprint density at radius 1 is 1.53 bits per heavy atom. The number of nitrogens with one attached hydrogen (secondary N) is 1. The van der Waals surface area contributed by atoms with Gasteiger partial charge in [0.05, 0.1) is 12.4 Å². The van der Waals surface area contributed by atoms with Crippen molar-refractivity contribution in [3.63, 3.8) is 0 Å². The summed E-state index contributed by atoms with van der Waals surface area (Å²) in [6.45, 7) is 7.38. The molecule has 0 saturated heterocycles. The van der Waals surface area contributed by atoms with E-state index in [2.05, 4.69) is 10.3 Å². The maximum Gasteiger partial charge on any atom is 0.237 e. The number of nitrogens with zero attached hydrogens (tertiary/aromatic N) is 2. The number of nitrogens with two attached hydrogens (primary N) is 1. The van der Waals surface area contributed by atoms with E-state index in [1.165, 1.54) is 0 Å². The molecular weight excluding hydrogens is 216 g/mol. The number of carbonyl (C=O) groups excluding carboxylic acids is 1. The number of imidazole rings is 1. The van der Waals surface area contributed by atoms with E-state index in [-0.39, 0.29) is 11.3 Å². The van der Waals surface area contributed by atoms with E-state index in [9.17, 15) is 4.79 Å². The van der Waals surface area contributed by atoms with Gasteiger partial charge in [-0.3, -0.25) is 4.79 Å². The molecule has 5 heteroatoms. The highest BCUT2D eigenvalue weighted by molar-refractivity contribution is 5.82. The van der Waals surface area contributed by atoms with Crippen molar-refractivity contribution >= 4 is 5.91 Å². The van der Waals surface area contributed by atoms with Gasteiger partial charge in [0.1, 0.15) is 0 Å². The molecule has 1 aromatic rings. The number of amides is 1. The number of hydrogen-bond donors (Lipinski definition) is 2. The first kappa shape index (κ1) is 13.7. The molecule has 1 amide bonds. The van der Waals surface area contributed by atoms with E-state index in [1.54, 1.807) is 12.5 Å². The van der Waals surface area contributed by atoms with Gasteiger partial charge in [-0.25, -0.2) is 4.98 Å². The van der Waals surface area contributed by atoms with Gasteiger partial charge < -0.3 is 15.6 Å². The van der Waals surface area contributed by atoms with Crippen molar-refractivity contribution in [3.05, 3.63) is 18.7 Å². The lowest BCUT2D eigenvalue weighted by molar-refractivity contribution is -0.124. The van der Waals surface area contributed by atoms with Crippen LogP contribution in [0.15, 0.2) is 18.7 Å². The Labute approximate surface area is 102 Å². The Hall–Kier alpha value is -1.36. The second kappa shape index (κ2) is 5.82. The number of aromatic nitrogens is 2. The van der Waals surface area contributed by atoms with Crippen LogP contribution < -0.4 is 11.1 Å². The first-order valence-electron chi connectivity index (χ1n) is 5.90.